The zero-order valence-electron chi connectivity index (χ0n) is 14.5. The van der Waals surface area contributed by atoms with E-state index in [1.807, 2.05) is 26.0 Å². The first-order valence-corrected chi connectivity index (χ1v) is 10.1. The van der Waals surface area contributed by atoms with Crippen molar-refractivity contribution < 1.29 is 13.2 Å². The number of piperidine rings is 1. The van der Waals surface area contributed by atoms with E-state index < -0.39 is 10.0 Å². The third kappa shape index (κ3) is 5.17. The van der Waals surface area contributed by atoms with Crippen molar-refractivity contribution in [2.45, 2.75) is 45.6 Å². The van der Waals surface area contributed by atoms with E-state index in [1.165, 1.54) is 6.26 Å². The lowest BCUT2D eigenvalue weighted by Crippen LogP contribution is -2.44. The molecule has 0 bridgehead atoms. The van der Waals surface area contributed by atoms with E-state index in [1.54, 1.807) is 4.31 Å². The Morgan fingerprint density at radius 3 is 2.75 bits per heavy atom. The molecule has 1 aromatic rings. The van der Waals surface area contributed by atoms with Gasteiger partial charge in [0.25, 0.3) is 0 Å². The molecule has 0 aliphatic carbocycles. The predicted octanol–water partition coefficient (Wildman–Crippen LogP) is 2.02. The number of nitrogens with zero attached hydrogens (tertiary/aromatic N) is 2. The van der Waals surface area contributed by atoms with Crippen LogP contribution in [0.2, 0.25) is 0 Å². The standard InChI is InChI=1S/C16H26N4O3S/c1-12-7-8-15(13(2)18-12)19-16(21)17-10-9-14-6-4-5-11-20(14)24(3,22)23/h7-8,14H,4-6,9-11H2,1-3H3,(H2,17,19,21)/t14-/m1/s1. The second kappa shape index (κ2) is 7.94. The number of aromatic nitrogens is 1. The van der Waals surface area contributed by atoms with Crippen molar-refractivity contribution in [3.63, 3.8) is 0 Å². The Kier molecular flexibility index (Phi) is 6.17. The summed E-state index contributed by atoms with van der Waals surface area (Å²) in [5.74, 6) is 0. The Labute approximate surface area is 143 Å². The molecule has 8 heteroatoms. The Morgan fingerprint density at radius 1 is 1.33 bits per heavy atom. The van der Waals surface area contributed by atoms with Gasteiger partial charge in [0, 0.05) is 24.8 Å². The fourth-order valence-corrected chi connectivity index (χ4v) is 4.25. The summed E-state index contributed by atoms with van der Waals surface area (Å²) in [7, 11) is -3.19. The number of nitrogens with one attached hydrogen (secondary N) is 2. The number of aryl methyl sites for hydroxylation is 2. The molecule has 134 valence electrons. The fourth-order valence-electron chi connectivity index (χ4n) is 3.04. The highest BCUT2D eigenvalue weighted by atomic mass is 32.2. The summed E-state index contributed by atoms with van der Waals surface area (Å²) in [5.41, 5.74) is 2.34. The normalized spacial score (nSPS) is 19.0. The zero-order valence-corrected chi connectivity index (χ0v) is 15.3. The molecule has 1 aliphatic rings. The first-order chi connectivity index (χ1) is 11.3. The molecule has 2 heterocycles. The summed E-state index contributed by atoms with van der Waals surface area (Å²) >= 11 is 0. The van der Waals surface area contributed by atoms with Crippen molar-refractivity contribution in [1.82, 2.24) is 14.6 Å². The monoisotopic (exact) mass is 354 g/mol. The summed E-state index contributed by atoms with van der Waals surface area (Å²) in [6.45, 7) is 4.74. The maximum Gasteiger partial charge on any atom is 0.319 e. The molecule has 24 heavy (non-hydrogen) atoms. The minimum absolute atomic E-state index is 0.0307. The van der Waals surface area contributed by atoms with Gasteiger partial charge in [0.2, 0.25) is 10.0 Å². The van der Waals surface area contributed by atoms with Crippen LogP contribution in [0.5, 0.6) is 0 Å². The van der Waals surface area contributed by atoms with E-state index in [0.717, 1.165) is 30.7 Å². The van der Waals surface area contributed by atoms with Gasteiger partial charge in [-0.3, -0.25) is 4.98 Å². The molecule has 1 aromatic heterocycles. The molecule has 0 aromatic carbocycles. The number of hydrogen-bond donors (Lipinski definition) is 2. The van der Waals surface area contributed by atoms with E-state index >= 15 is 0 Å². The van der Waals surface area contributed by atoms with Gasteiger partial charge in [-0.25, -0.2) is 13.2 Å². The van der Waals surface area contributed by atoms with Gasteiger partial charge in [-0.15, -0.1) is 0 Å². The Hall–Kier alpha value is -1.67. The van der Waals surface area contributed by atoms with Gasteiger partial charge in [0.05, 0.1) is 17.6 Å². The van der Waals surface area contributed by atoms with Crippen LogP contribution in [0.1, 0.15) is 37.1 Å². The largest absolute Gasteiger partial charge is 0.338 e. The molecular weight excluding hydrogens is 328 g/mol. The molecule has 1 atom stereocenters. The van der Waals surface area contributed by atoms with Crippen LogP contribution in [0.25, 0.3) is 0 Å². The number of carbonyl (C=O) groups is 1. The molecular formula is C16H26N4O3S. The van der Waals surface area contributed by atoms with Gasteiger partial charge in [-0.05, 0) is 45.2 Å². The lowest BCUT2D eigenvalue weighted by molar-refractivity contribution is 0.235. The van der Waals surface area contributed by atoms with Crippen LogP contribution in [-0.2, 0) is 10.0 Å². The lowest BCUT2D eigenvalue weighted by atomic mass is 10.0. The van der Waals surface area contributed by atoms with Crippen molar-refractivity contribution in [3.8, 4) is 0 Å². The smallest absolute Gasteiger partial charge is 0.319 e. The molecule has 1 saturated heterocycles. The minimum Gasteiger partial charge on any atom is -0.338 e. The molecule has 2 N–H and O–H groups in total. The van der Waals surface area contributed by atoms with Crippen LogP contribution < -0.4 is 10.6 Å². The molecule has 0 spiro atoms. The van der Waals surface area contributed by atoms with Crippen molar-refractivity contribution in [1.29, 1.82) is 0 Å². The Balaban J connectivity index is 1.83. The quantitative estimate of drug-likeness (QED) is 0.846. The highest BCUT2D eigenvalue weighted by molar-refractivity contribution is 7.88. The summed E-state index contributed by atoms with van der Waals surface area (Å²) in [6.07, 6.45) is 4.63. The number of carbonyl (C=O) groups excluding carboxylic acids is 1. The number of anilines is 1. The summed E-state index contributed by atoms with van der Waals surface area (Å²) in [4.78, 5) is 16.3. The van der Waals surface area contributed by atoms with Gasteiger partial charge >= 0.3 is 6.03 Å². The number of urea groups is 1. The molecule has 2 amide bonds. The molecule has 0 radical (unpaired) electrons. The molecule has 1 aliphatic heterocycles. The van der Waals surface area contributed by atoms with Crippen molar-refractivity contribution in [2.24, 2.45) is 0 Å². The van der Waals surface area contributed by atoms with Crippen LogP contribution >= 0.6 is 0 Å². The molecule has 0 saturated carbocycles. The van der Waals surface area contributed by atoms with Crippen molar-refractivity contribution in [2.75, 3.05) is 24.7 Å². The van der Waals surface area contributed by atoms with E-state index in [4.69, 9.17) is 0 Å². The highest BCUT2D eigenvalue weighted by Gasteiger charge is 2.28. The van der Waals surface area contributed by atoms with Crippen LogP contribution in [0.4, 0.5) is 10.5 Å². The second-order valence-corrected chi connectivity index (χ2v) is 8.21. The number of rotatable bonds is 5. The van der Waals surface area contributed by atoms with E-state index in [-0.39, 0.29) is 12.1 Å². The Morgan fingerprint density at radius 2 is 2.08 bits per heavy atom. The fraction of sp³-hybridized carbons (Fsp3) is 0.625. The summed E-state index contributed by atoms with van der Waals surface area (Å²) in [5, 5.41) is 5.57. The topological polar surface area (TPSA) is 91.4 Å². The summed E-state index contributed by atoms with van der Waals surface area (Å²) < 4.78 is 25.2. The lowest BCUT2D eigenvalue weighted by Gasteiger charge is -2.33. The zero-order chi connectivity index (χ0) is 17.7. The predicted molar refractivity (Wildman–Crippen MR) is 94.5 cm³/mol. The van der Waals surface area contributed by atoms with Crippen LogP contribution in [-0.4, -0.2) is 49.1 Å². The van der Waals surface area contributed by atoms with Crippen molar-refractivity contribution in [3.05, 3.63) is 23.5 Å². The molecule has 7 nitrogen and oxygen atoms in total. The summed E-state index contributed by atoms with van der Waals surface area (Å²) in [6, 6.07) is 3.33. The highest BCUT2D eigenvalue weighted by Crippen LogP contribution is 2.21. The first-order valence-electron chi connectivity index (χ1n) is 8.23. The van der Waals surface area contributed by atoms with Gasteiger partial charge in [0.15, 0.2) is 0 Å². The van der Waals surface area contributed by atoms with E-state index in [0.29, 0.717) is 25.2 Å². The third-order valence-corrected chi connectivity index (χ3v) is 5.57. The van der Waals surface area contributed by atoms with Crippen LogP contribution in [0, 0.1) is 13.8 Å². The average Bonchev–Trinajstić information content (AvgIpc) is 2.49. The van der Waals surface area contributed by atoms with Crippen LogP contribution in [0.15, 0.2) is 12.1 Å². The molecule has 0 unspecified atom stereocenters. The maximum atomic E-state index is 12.0. The second-order valence-electron chi connectivity index (χ2n) is 6.28. The molecule has 1 fully saturated rings. The van der Waals surface area contributed by atoms with Crippen molar-refractivity contribution >= 4 is 21.7 Å². The van der Waals surface area contributed by atoms with Gasteiger partial charge in [0.1, 0.15) is 0 Å². The number of hydrogen-bond acceptors (Lipinski definition) is 4. The minimum atomic E-state index is -3.19. The average molecular weight is 354 g/mol. The molecule has 2 rings (SSSR count). The van der Waals surface area contributed by atoms with Gasteiger partial charge in [-0.1, -0.05) is 6.42 Å². The van der Waals surface area contributed by atoms with E-state index in [9.17, 15) is 13.2 Å². The third-order valence-electron chi connectivity index (χ3n) is 4.24. The number of amides is 2. The van der Waals surface area contributed by atoms with E-state index in [2.05, 4.69) is 15.6 Å². The van der Waals surface area contributed by atoms with Crippen LogP contribution in [0.3, 0.4) is 0 Å². The maximum absolute atomic E-state index is 12.0. The van der Waals surface area contributed by atoms with Gasteiger partial charge in [-0.2, -0.15) is 4.31 Å². The first kappa shape index (κ1) is 18.7. The SMILES string of the molecule is Cc1ccc(NC(=O)NCC[C@H]2CCCCN2S(C)(=O)=O)c(C)n1. The van der Waals surface area contributed by atoms with Gasteiger partial charge < -0.3 is 10.6 Å². The Bertz CT molecular complexity index is 691. The number of pyridine rings is 1. The number of sulfonamides is 1.